The van der Waals surface area contributed by atoms with Crippen molar-refractivity contribution in [2.24, 2.45) is 0 Å². The van der Waals surface area contributed by atoms with Crippen molar-refractivity contribution in [3.63, 3.8) is 0 Å². The summed E-state index contributed by atoms with van der Waals surface area (Å²) in [6.45, 7) is 0.990. The van der Waals surface area contributed by atoms with E-state index < -0.39 is 0 Å². The molecule has 1 aromatic heterocycles. The summed E-state index contributed by atoms with van der Waals surface area (Å²) in [6, 6.07) is 3.52. The predicted molar refractivity (Wildman–Crippen MR) is 102 cm³/mol. The molecule has 2 amide bonds. The Morgan fingerprint density at radius 2 is 2.04 bits per heavy atom. The zero-order valence-corrected chi connectivity index (χ0v) is 16.1. The minimum atomic E-state index is -0.197. The molecule has 0 fully saturated rings. The van der Waals surface area contributed by atoms with Crippen molar-refractivity contribution in [2.75, 3.05) is 32.0 Å². The fourth-order valence-corrected chi connectivity index (χ4v) is 2.96. The molecule has 0 spiro atoms. The Hall–Kier alpha value is -1.73. The first kappa shape index (κ1) is 19.6. The van der Waals surface area contributed by atoms with Gasteiger partial charge in [-0.15, -0.1) is 0 Å². The summed E-state index contributed by atoms with van der Waals surface area (Å²) in [5, 5.41) is 5.63. The van der Waals surface area contributed by atoms with Gasteiger partial charge < -0.3 is 10.6 Å². The van der Waals surface area contributed by atoms with Gasteiger partial charge in [0, 0.05) is 17.2 Å². The van der Waals surface area contributed by atoms with Crippen molar-refractivity contribution in [3.8, 4) is 0 Å². The van der Waals surface area contributed by atoms with Gasteiger partial charge in [-0.2, -0.15) is 0 Å². The molecule has 0 saturated carbocycles. The normalized spacial score (nSPS) is 14.1. The summed E-state index contributed by atoms with van der Waals surface area (Å²) in [5.74, 6) is 0.234. The van der Waals surface area contributed by atoms with E-state index in [1.807, 2.05) is 6.07 Å². The van der Waals surface area contributed by atoms with Crippen LogP contribution in [0.25, 0.3) is 0 Å². The number of carbonyl (C=O) groups is 2. The number of allylic oxidation sites excluding steroid dienone is 1. The van der Waals surface area contributed by atoms with E-state index in [-0.39, 0.29) is 24.9 Å². The molecule has 1 aliphatic carbocycles. The molecular weight excluding hydrogens is 384 g/mol. The molecule has 0 bridgehead atoms. The van der Waals surface area contributed by atoms with Gasteiger partial charge in [-0.3, -0.25) is 14.5 Å². The van der Waals surface area contributed by atoms with E-state index in [9.17, 15) is 9.59 Å². The van der Waals surface area contributed by atoms with E-state index >= 15 is 0 Å². The predicted octanol–water partition coefficient (Wildman–Crippen LogP) is 2.72. The van der Waals surface area contributed by atoms with Crippen LogP contribution in [0.1, 0.15) is 32.1 Å². The third-order valence-corrected chi connectivity index (χ3v) is 4.44. The van der Waals surface area contributed by atoms with Gasteiger partial charge in [0.1, 0.15) is 5.82 Å². The van der Waals surface area contributed by atoms with Gasteiger partial charge >= 0.3 is 0 Å². The van der Waals surface area contributed by atoms with Crippen molar-refractivity contribution >= 4 is 33.6 Å². The molecule has 0 aromatic carbocycles. The van der Waals surface area contributed by atoms with Crippen molar-refractivity contribution < 1.29 is 9.59 Å². The molecule has 2 N–H and O–H groups in total. The molecule has 6 nitrogen and oxygen atoms in total. The van der Waals surface area contributed by atoms with Gasteiger partial charge in [-0.05, 0) is 67.2 Å². The number of likely N-dealkylation sites (N-methyl/N-ethyl adjacent to an activating group) is 1. The van der Waals surface area contributed by atoms with E-state index in [4.69, 9.17) is 0 Å². The highest BCUT2D eigenvalue weighted by atomic mass is 79.9. The lowest BCUT2D eigenvalue weighted by Gasteiger charge is -2.16. The summed E-state index contributed by atoms with van der Waals surface area (Å²) in [6.07, 6.45) is 9.68. The van der Waals surface area contributed by atoms with Crippen LogP contribution in [0.5, 0.6) is 0 Å². The van der Waals surface area contributed by atoms with Crippen LogP contribution in [-0.2, 0) is 9.59 Å². The zero-order valence-electron chi connectivity index (χ0n) is 14.6. The number of anilines is 1. The SMILES string of the molecule is CN(CC(=O)NCCC1=CCCCC1)CC(=O)Nc1ccc(Br)cn1. The molecule has 0 radical (unpaired) electrons. The Balaban J connectivity index is 1.63. The molecule has 1 heterocycles. The summed E-state index contributed by atoms with van der Waals surface area (Å²) >= 11 is 3.29. The second-order valence-corrected chi connectivity index (χ2v) is 7.21. The molecule has 25 heavy (non-hydrogen) atoms. The lowest BCUT2D eigenvalue weighted by Crippen LogP contribution is -2.39. The Morgan fingerprint density at radius 3 is 2.72 bits per heavy atom. The fraction of sp³-hybridized carbons (Fsp3) is 0.500. The van der Waals surface area contributed by atoms with E-state index in [0.717, 1.165) is 23.7 Å². The average molecular weight is 409 g/mol. The average Bonchev–Trinajstić information content (AvgIpc) is 2.57. The first-order chi connectivity index (χ1) is 12.0. The molecule has 2 rings (SSSR count). The maximum Gasteiger partial charge on any atom is 0.239 e. The van der Waals surface area contributed by atoms with Crippen LogP contribution in [0.3, 0.4) is 0 Å². The van der Waals surface area contributed by atoms with Gasteiger partial charge in [-0.1, -0.05) is 11.6 Å². The first-order valence-corrected chi connectivity index (χ1v) is 9.37. The highest BCUT2D eigenvalue weighted by Crippen LogP contribution is 2.19. The fourth-order valence-electron chi connectivity index (χ4n) is 2.73. The molecule has 0 atom stereocenters. The molecule has 136 valence electrons. The molecular formula is C18H25BrN4O2. The van der Waals surface area contributed by atoms with Crippen LogP contribution in [0, 0.1) is 0 Å². The monoisotopic (exact) mass is 408 g/mol. The van der Waals surface area contributed by atoms with Gasteiger partial charge in [0.15, 0.2) is 0 Å². The van der Waals surface area contributed by atoms with E-state index in [1.54, 1.807) is 24.2 Å². The van der Waals surface area contributed by atoms with Crippen LogP contribution in [0.4, 0.5) is 5.82 Å². The Labute approximate surface area is 157 Å². The van der Waals surface area contributed by atoms with Crippen LogP contribution in [-0.4, -0.2) is 48.4 Å². The molecule has 0 unspecified atom stereocenters. The first-order valence-electron chi connectivity index (χ1n) is 8.57. The largest absolute Gasteiger partial charge is 0.355 e. The number of rotatable bonds is 8. The number of amides is 2. The lowest BCUT2D eigenvalue weighted by atomic mass is 9.97. The molecule has 0 aliphatic heterocycles. The number of aromatic nitrogens is 1. The third-order valence-electron chi connectivity index (χ3n) is 3.98. The highest BCUT2D eigenvalue weighted by molar-refractivity contribution is 9.10. The summed E-state index contributed by atoms with van der Waals surface area (Å²) in [7, 11) is 1.75. The van der Waals surface area contributed by atoms with E-state index in [1.165, 1.54) is 18.4 Å². The second-order valence-electron chi connectivity index (χ2n) is 6.29. The minimum Gasteiger partial charge on any atom is -0.355 e. The smallest absolute Gasteiger partial charge is 0.239 e. The van der Waals surface area contributed by atoms with Crippen LogP contribution >= 0.6 is 15.9 Å². The number of hydrogen-bond donors (Lipinski definition) is 2. The van der Waals surface area contributed by atoms with Crippen LogP contribution in [0.2, 0.25) is 0 Å². The van der Waals surface area contributed by atoms with Gasteiger partial charge in [0.05, 0.1) is 13.1 Å². The number of pyridine rings is 1. The number of halogens is 1. The number of carbonyl (C=O) groups excluding carboxylic acids is 2. The Bertz CT molecular complexity index is 616. The molecule has 7 heteroatoms. The number of nitrogens with zero attached hydrogens (tertiary/aromatic N) is 2. The number of hydrogen-bond acceptors (Lipinski definition) is 4. The van der Waals surface area contributed by atoms with E-state index in [0.29, 0.717) is 12.4 Å². The van der Waals surface area contributed by atoms with Gasteiger partial charge in [0.2, 0.25) is 11.8 Å². The topological polar surface area (TPSA) is 74.3 Å². The molecule has 1 aromatic rings. The molecule has 1 aliphatic rings. The van der Waals surface area contributed by atoms with Crippen molar-refractivity contribution in [2.45, 2.75) is 32.1 Å². The van der Waals surface area contributed by atoms with Crippen molar-refractivity contribution in [1.82, 2.24) is 15.2 Å². The van der Waals surface area contributed by atoms with Gasteiger partial charge in [-0.25, -0.2) is 4.98 Å². The summed E-state index contributed by atoms with van der Waals surface area (Å²) < 4.78 is 0.850. The third kappa shape index (κ3) is 7.79. The van der Waals surface area contributed by atoms with Gasteiger partial charge in [0.25, 0.3) is 0 Å². The summed E-state index contributed by atoms with van der Waals surface area (Å²) in [4.78, 5) is 29.7. The van der Waals surface area contributed by atoms with Crippen LogP contribution < -0.4 is 10.6 Å². The lowest BCUT2D eigenvalue weighted by molar-refractivity contribution is -0.122. The maximum atomic E-state index is 12.0. The number of nitrogens with one attached hydrogen (secondary N) is 2. The summed E-state index contributed by atoms with van der Waals surface area (Å²) in [5.41, 5.74) is 1.45. The van der Waals surface area contributed by atoms with Crippen molar-refractivity contribution in [3.05, 3.63) is 34.5 Å². The van der Waals surface area contributed by atoms with Crippen molar-refractivity contribution in [1.29, 1.82) is 0 Å². The standard InChI is InChI=1S/C18H25BrN4O2/c1-23(13-18(25)22-16-8-7-15(19)11-21-16)12-17(24)20-10-9-14-5-3-2-4-6-14/h5,7-8,11H,2-4,6,9-10,12-13H2,1H3,(H,20,24)(H,21,22,25). The Morgan fingerprint density at radius 1 is 1.24 bits per heavy atom. The highest BCUT2D eigenvalue weighted by Gasteiger charge is 2.11. The van der Waals surface area contributed by atoms with Crippen LogP contribution in [0.15, 0.2) is 34.5 Å². The molecule has 0 saturated heterocycles. The van der Waals surface area contributed by atoms with E-state index in [2.05, 4.69) is 37.6 Å². The minimum absolute atomic E-state index is 0.0616. The second kappa shape index (κ2) is 10.3. The maximum absolute atomic E-state index is 12.0. The Kier molecular flexibility index (Phi) is 8.08. The quantitative estimate of drug-likeness (QED) is 0.648. The zero-order chi connectivity index (χ0) is 18.1.